The number of hydrogen-bond donors (Lipinski definition) is 0. The van der Waals surface area contributed by atoms with Crippen molar-refractivity contribution in [2.75, 3.05) is 11.4 Å². The Morgan fingerprint density at radius 2 is 2.18 bits per heavy atom. The maximum absolute atomic E-state index is 11.1. The van der Waals surface area contributed by atoms with Gasteiger partial charge in [0.2, 0.25) is 0 Å². The monoisotopic (exact) mass is 231 g/mol. The Hall–Kier alpha value is -1.31. The van der Waals surface area contributed by atoms with E-state index in [0.717, 1.165) is 24.1 Å². The first-order valence-electron chi connectivity index (χ1n) is 6.67. The zero-order chi connectivity index (χ0) is 12.1. The van der Waals surface area contributed by atoms with Gasteiger partial charge in [0.15, 0.2) is 6.29 Å². The van der Waals surface area contributed by atoms with Crippen molar-refractivity contribution in [2.45, 2.75) is 45.1 Å². The molecule has 0 aliphatic carbocycles. The first-order valence-corrected chi connectivity index (χ1v) is 6.67. The highest BCUT2D eigenvalue weighted by molar-refractivity contribution is 5.84. The van der Waals surface area contributed by atoms with Crippen LogP contribution in [0.2, 0.25) is 0 Å². The highest BCUT2D eigenvalue weighted by atomic mass is 16.1. The largest absolute Gasteiger partial charge is 0.368 e. The third kappa shape index (κ3) is 2.68. The van der Waals surface area contributed by atoms with Gasteiger partial charge >= 0.3 is 0 Å². The van der Waals surface area contributed by atoms with Crippen LogP contribution in [0, 0.1) is 0 Å². The average Bonchev–Trinajstić information content (AvgIpc) is 2.40. The van der Waals surface area contributed by atoms with Crippen LogP contribution in [-0.4, -0.2) is 18.9 Å². The molecule has 0 N–H and O–H groups in total. The molecular formula is C15H21NO. The summed E-state index contributed by atoms with van der Waals surface area (Å²) in [6.07, 6.45) is 7.25. The number of rotatable bonds is 4. The fraction of sp³-hybridized carbons (Fsp3) is 0.533. The molecule has 0 bridgehead atoms. The van der Waals surface area contributed by atoms with Crippen LogP contribution in [0.5, 0.6) is 0 Å². The zero-order valence-corrected chi connectivity index (χ0v) is 10.6. The molecule has 92 valence electrons. The molecule has 1 heterocycles. The first kappa shape index (κ1) is 12.2. The molecule has 1 aliphatic rings. The lowest BCUT2D eigenvalue weighted by Gasteiger charge is -2.38. The van der Waals surface area contributed by atoms with Crippen molar-refractivity contribution in [3.05, 3.63) is 29.8 Å². The van der Waals surface area contributed by atoms with Gasteiger partial charge in [-0.15, -0.1) is 0 Å². The standard InChI is InChI=1S/C15H21NO/c1-2-7-14-9-5-6-11-16(14)15-10-4-3-8-13(15)12-17/h3-4,8,10,12,14H,2,5-7,9,11H2,1H3. The Morgan fingerprint density at radius 1 is 1.35 bits per heavy atom. The normalized spacial score (nSPS) is 20.3. The summed E-state index contributed by atoms with van der Waals surface area (Å²) < 4.78 is 0. The summed E-state index contributed by atoms with van der Waals surface area (Å²) in [6.45, 7) is 3.33. The maximum atomic E-state index is 11.1. The van der Waals surface area contributed by atoms with Crippen molar-refractivity contribution in [2.24, 2.45) is 0 Å². The van der Waals surface area contributed by atoms with E-state index in [-0.39, 0.29) is 0 Å². The molecule has 1 unspecified atom stereocenters. The Morgan fingerprint density at radius 3 is 2.94 bits per heavy atom. The average molecular weight is 231 g/mol. The van der Waals surface area contributed by atoms with E-state index in [1.165, 1.54) is 32.1 Å². The van der Waals surface area contributed by atoms with Gasteiger partial charge in [0.1, 0.15) is 0 Å². The quantitative estimate of drug-likeness (QED) is 0.737. The van der Waals surface area contributed by atoms with Gasteiger partial charge in [0.05, 0.1) is 0 Å². The summed E-state index contributed by atoms with van der Waals surface area (Å²) in [5.74, 6) is 0. The van der Waals surface area contributed by atoms with Gasteiger partial charge in [-0.25, -0.2) is 0 Å². The molecule has 0 radical (unpaired) electrons. The minimum atomic E-state index is 0.620. The Balaban J connectivity index is 2.25. The molecule has 2 heteroatoms. The third-order valence-corrected chi connectivity index (χ3v) is 3.62. The molecule has 1 fully saturated rings. The lowest BCUT2D eigenvalue weighted by atomic mass is 9.96. The number of piperidine rings is 1. The van der Waals surface area contributed by atoms with Gasteiger partial charge in [-0.2, -0.15) is 0 Å². The molecule has 1 aromatic rings. The summed E-state index contributed by atoms with van der Waals surface area (Å²) >= 11 is 0. The molecule has 1 aromatic carbocycles. The topological polar surface area (TPSA) is 20.3 Å². The Kier molecular flexibility index (Phi) is 4.18. The van der Waals surface area contributed by atoms with E-state index >= 15 is 0 Å². The van der Waals surface area contributed by atoms with Crippen LogP contribution in [0.1, 0.15) is 49.4 Å². The molecule has 0 amide bonds. The summed E-state index contributed by atoms with van der Waals surface area (Å²) in [7, 11) is 0. The van der Waals surface area contributed by atoms with Gasteiger partial charge in [0.25, 0.3) is 0 Å². The summed E-state index contributed by atoms with van der Waals surface area (Å²) in [4.78, 5) is 13.5. The minimum Gasteiger partial charge on any atom is -0.368 e. The van der Waals surface area contributed by atoms with Crippen LogP contribution < -0.4 is 4.90 Å². The molecule has 1 atom stereocenters. The number of para-hydroxylation sites is 1. The number of benzene rings is 1. The number of hydrogen-bond acceptors (Lipinski definition) is 2. The van der Waals surface area contributed by atoms with E-state index in [9.17, 15) is 4.79 Å². The van der Waals surface area contributed by atoms with Crippen molar-refractivity contribution in [3.63, 3.8) is 0 Å². The number of aldehydes is 1. The van der Waals surface area contributed by atoms with Crippen LogP contribution >= 0.6 is 0 Å². The van der Waals surface area contributed by atoms with Gasteiger partial charge in [-0.3, -0.25) is 4.79 Å². The van der Waals surface area contributed by atoms with Crippen LogP contribution in [0.15, 0.2) is 24.3 Å². The van der Waals surface area contributed by atoms with Gasteiger partial charge in [-0.1, -0.05) is 25.5 Å². The van der Waals surface area contributed by atoms with E-state index in [1.807, 2.05) is 18.2 Å². The van der Waals surface area contributed by atoms with E-state index in [2.05, 4.69) is 17.9 Å². The number of carbonyl (C=O) groups is 1. The van der Waals surface area contributed by atoms with Crippen molar-refractivity contribution in [1.29, 1.82) is 0 Å². The van der Waals surface area contributed by atoms with E-state index in [1.54, 1.807) is 0 Å². The zero-order valence-electron chi connectivity index (χ0n) is 10.6. The van der Waals surface area contributed by atoms with E-state index < -0.39 is 0 Å². The van der Waals surface area contributed by atoms with E-state index in [4.69, 9.17) is 0 Å². The van der Waals surface area contributed by atoms with Gasteiger partial charge in [0, 0.05) is 23.8 Å². The molecule has 1 aliphatic heterocycles. The van der Waals surface area contributed by atoms with Gasteiger partial charge in [-0.05, 0) is 37.8 Å². The fourth-order valence-electron chi connectivity index (χ4n) is 2.80. The minimum absolute atomic E-state index is 0.620. The van der Waals surface area contributed by atoms with Crippen LogP contribution in [0.4, 0.5) is 5.69 Å². The van der Waals surface area contributed by atoms with Crippen LogP contribution in [-0.2, 0) is 0 Å². The second kappa shape index (κ2) is 5.85. The maximum Gasteiger partial charge on any atom is 0.152 e. The SMILES string of the molecule is CCCC1CCCCN1c1ccccc1C=O. The summed E-state index contributed by atoms with van der Waals surface area (Å²) in [6, 6.07) is 8.58. The molecular weight excluding hydrogens is 210 g/mol. The summed E-state index contributed by atoms with van der Waals surface area (Å²) in [5, 5.41) is 0. The third-order valence-electron chi connectivity index (χ3n) is 3.62. The molecule has 1 saturated heterocycles. The molecule has 2 nitrogen and oxygen atoms in total. The molecule has 0 saturated carbocycles. The lowest BCUT2D eigenvalue weighted by Crippen LogP contribution is -2.40. The van der Waals surface area contributed by atoms with Crippen LogP contribution in [0.3, 0.4) is 0 Å². The highest BCUT2D eigenvalue weighted by Crippen LogP contribution is 2.29. The highest BCUT2D eigenvalue weighted by Gasteiger charge is 2.23. The van der Waals surface area contributed by atoms with Crippen molar-refractivity contribution < 1.29 is 4.79 Å². The predicted molar refractivity (Wildman–Crippen MR) is 71.7 cm³/mol. The smallest absolute Gasteiger partial charge is 0.152 e. The fourth-order valence-corrected chi connectivity index (χ4v) is 2.80. The molecule has 0 spiro atoms. The second-order valence-electron chi connectivity index (χ2n) is 4.81. The number of nitrogens with zero attached hydrogens (tertiary/aromatic N) is 1. The van der Waals surface area contributed by atoms with E-state index in [0.29, 0.717) is 6.04 Å². The lowest BCUT2D eigenvalue weighted by molar-refractivity contribution is 0.112. The van der Waals surface area contributed by atoms with Crippen molar-refractivity contribution >= 4 is 12.0 Å². The predicted octanol–water partition coefficient (Wildman–Crippen LogP) is 3.66. The van der Waals surface area contributed by atoms with Crippen molar-refractivity contribution in [1.82, 2.24) is 0 Å². The van der Waals surface area contributed by atoms with Crippen LogP contribution in [0.25, 0.3) is 0 Å². The molecule has 17 heavy (non-hydrogen) atoms. The Labute approximate surface area is 104 Å². The Bertz CT molecular complexity index is 373. The first-order chi connectivity index (χ1) is 8.36. The number of anilines is 1. The van der Waals surface area contributed by atoms with Crippen molar-refractivity contribution in [3.8, 4) is 0 Å². The van der Waals surface area contributed by atoms with Gasteiger partial charge < -0.3 is 4.90 Å². The summed E-state index contributed by atoms with van der Waals surface area (Å²) in [5.41, 5.74) is 1.95. The number of carbonyl (C=O) groups excluding carboxylic acids is 1. The molecule has 0 aromatic heterocycles. The molecule has 2 rings (SSSR count). The second-order valence-corrected chi connectivity index (χ2v) is 4.81.